The standard InChI is InChI=1S/C58H61N/c1-58(2)55-16-10-9-15-51(55)54-37-53(47-25-21-42(22-26-47)40-11-5-3-6-12-40)57(38-56(54)58)59(49-31-27-44(28-32-49)41-13-7-4-8-14-41)50-33-29-45(30-34-50)43-19-23-46(24-20-43)52-36-39-17-18-48(52)35-39/h9-10,15-16,19-34,37-41,48,52H,3-8,11-14,17-18,35-36H2,1-2H3. The summed E-state index contributed by atoms with van der Waals surface area (Å²) >= 11 is 0. The van der Waals surface area contributed by atoms with E-state index >= 15 is 0 Å². The van der Waals surface area contributed by atoms with Crippen LogP contribution in [0.4, 0.5) is 17.1 Å². The van der Waals surface area contributed by atoms with Crippen molar-refractivity contribution in [2.45, 2.75) is 127 Å². The Morgan fingerprint density at radius 2 is 0.983 bits per heavy atom. The van der Waals surface area contributed by atoms with Crippen molar-refractivity contribution in [3.63, 3.8) is 0 Å². The van der Waals surface area contributed by atoms with E-state index in [9.17, 15) is 0 Å². The Hall–Kier alpha value is -4.88. The molecule has 1 nitrogen and oxygen atoms in total. The number of hydrogen-bond acceptors (Lipinski definition) is 1. The van der Waals surface area contributed by atoms with Crippen LogP contribution in [0.3, 0.4) is 0 Å². The van der Waals surface area contributed by atoms with Crippen LogP contribution in [0.5, 0.6) is 0 Å². The molecule has 0 N–H and O–H groups in total. The van der Waals surface area contributed by atoms with Gasteiger partial charge in [-0.3, -0.25) is 0 Å². The molecule has 5 aliphatic rings. The molecule has 0 aliphatic heterocycles. The zero-order valence-electron chi connectivity index (χ0n) is 35.4. The molecule has 0 radical (unpaired) electrons. The summed E-state index contributed by atoms with van der Waals surface area (Å²) in [6, 6.07) is 52.7. The first kappa shape index (κ1) is 37.1. The molecule has 0 heterocycles. The Kier molecular flexibility index (Phi) is 9.63. The smallest absolute Gasteiger partial charge is 0.0543 e. The Bertz CT molecular complexity index is 2420. The van der Waals surface area contributed by atoms with E-state index in [2.05, 4.69) is 152 Å². The minimum Gasteiger partial charge on any atom is -0.310 e. The van der Waals surface area contributed by atoms with Crippen molar-refractivity contribution < 1.29 is 0 Å². The topological polar surface area (TPSA) is 3.24 Å². The summed E-state index contributed by atoms with van der Waals surface area (Å²) in [5.41, 5.74) is 18.9. The monoisotopic (exact) mass is 771 g/mol. The van der Waals surface area contributed by atoms with E-state index in [1.165, 1.54) is 163 Å². The summed E-state index contributed by atoms with van der Waals surface area (Å²) in [4.78, 5) is 2.57. The first-order valence-corrected chi connectivity index (χ1v) is 23.5. The van der Waals surface area contributed by atoms with Crippen molar-refractivity contribution in [2.75, 3.05) is 4.90 Å². The number of benzene rings is 6. The highest BCUT2D eigenvalue weighted by molar-refractivity contribution is 5.95. The molecule has 0 saturated heterocycles. The van der Waals surface area contributed by atoms with Gasteiger partial charge in [0.05, 0.1) is 5.69 Å². The van der Waals surface area contributed by atoms with Crippen molar-refractivity contribution >= 4 is 17.1 Å². The summed E-state index contributed by atoms with van der Waals surface area (Å²) in [6.07, 6.45) is 19.2. The van der Waals surface area contributed by atoms with Gasteiger partial charge in [0.15, 0.2) is 0 Å². The average Bonchev–Trinajstić information content (AvgIpc) is 4.00. The van der Waals surface area contributed by atoms with E-state index in [1.54, 1.807) is 5.56 Å². The molecule has 6 aromatic carbocycles. The van der Waals surface area contributed by atoms with Crippen LogP contribution < -0.4 is 4.90 Å². The third-order valence-electron chi connectivity index (χ3n) is 16.0. The normalized spacial score (nSPS) is 22.3. The molecule has 11 rings (SSSR count). The molecule has 298 valence electrons. The zero-order chi connectivity index (χ0) is 39.5. The number of nitrogens with zero attached hydrogens (tertiary/aromatic N) is 1. The fourth-order valence-electron chi connectivity index (χ4n) is 12.7. The third kappa shape index (κ3) is 6.78. The Balaban J connectivity index is 1.02. The molecular weight excluding hydrogens is 711 g/mol. The van der Waals surface area contributed by atoms with Gasteiger partial charge in [-0.1, -0.05) is 156 Å². The minimum absolute atomic E-state index is 0.103. The second-order valence-electron chi connectivity index (χ2n) is 19.8. The van der Waals surface area contributed by atoms with Gasteiger partial charge in [0.25, 0.3) is 0 Å². The van der Waals surface area contributed by atoms with Crippen molar-refractivity contribution in [2.24, 2.45) is 11.8 Å². The number of fused-ring (bicyclic) bond motifs is 5. The van der Waals surface area contributed by atoms with Gasteiger partial charge >= 0.3 is 0 Å². The van der Waals surface area contributed by atoms with E-state index in [0.29, 0.717) is 11.8 Å². The summed E-state index contributed by atoms with van der Waals surface area (Å²) < 4.78 is 0. The van der Waals surface area contributed by atoms with Gasteiger partial charge in [0.1, 0.15) is 0 Å². The molecule has 0 amide bonds. The molecule has 6 aromatic rings. The van der Waals surface area contributed by atoms with E-state index in [-0.39, 0.29) is 5.41 Å². The average molecular weight is 772 g/mol. The van der Waals surface area contributed by atoms with Gasteiger partial charge in [0.2, 0.25) is 0 Å². The van der Waals surface area contributed by atoms with E-state index in [4.69, 9.17) is 0 Å². The Labute approximate surface area is 353 Å². The fourth-order valence-corrected chi connectivity index (χ4v) is 12.7. The van der Waals surface area contributed by atoms with E-state index in [0.717, 1.165) is 17.8 Å². The second kappa shape index (κ2) is 15.3. The highest BCUT2D eigenvalue weighted by atomic mass is 15.1. The van der Waals surface area contributed by atoms with Crippen LogP contribution in [0.25, 0.3) is 33.4 Å². The first-order chi connectivity index (χ1) is 29.0. The lowest BCUT2D eigenvalue weighted by Gasteiger charge is -2.31. The van der Waals surface area contributed by atoms with E-state index < -0.39 is 0 Å². The maximum absolute atomic E-state index is 2.57. The highest BCUT2D eigenvalue weighted by Gasteiger charge is 2.40. The van der Waals surface area contributed by atoms with Gasteiger partial charge in [-0.25, -0.2) is 0 Å². The third-order valence-corrected chi connectivity index (χ3v) is 16.0. The molecule has 3 atom stereocenters. The summed E-state index contributed by atoms with van der Waals surface area (Å²) in [5, 5.41) is 0. The van der Waals surface area contributed by atoms with Crippen LogP contribution in [0.1, 0.15) is 149 Å². The number of hydrogen-bond donors (Lipinski definition) is 0. The highest BCUT2D eigenvalue weighted by Crippen LogP contribution is 2.55. The Morgan fingerprint density at radius 3 is 1.58 bits per heavy atom. The predicted octanol–water partition coefficient (Wildman–Crippen LogP) is 16.8. The lowest BCUT2D eigenvalue weighted by molar-refractivity contribution is 0.420. The lowest BCUT2D eigenvalue weighted by atomic mass is 9.81. The molecule has 5 aliphatic carbocycles. The van der Waals surface area contributed by atoms with Crippen LogP contribution in [-0.2, 0) is 5.41 Å². The number of anilines is 3. The van der Waals surface area contributed by atoms with Crippen molar-refractivity contribution in [1.29, 1.82) is 0 Å². The molecule has 3 unspecified atom stereocenters. The van der Waals surface area contributed by atoms with Gasteiger partial charge in [-0.2, -0.15) is 0 Å². The lowest BCUT2D eigenvalue weighted by Crippen LogP contribution is -2.17. The molecule has 4 saturated carbocycles. The fraction of sp³-hybridized carbons (Fsp3) is 0.379. The molecule has 0 spiro atoms. The van der Waals surface area contributed by atoms with Gasteiger partial charge in [0, 0.05) is 22.4 Å². The molecular formula is C58H61N. The summed E-state index contributed by atoms with van der Waals surface area (Å²) in [7, 11) is 0. The molecule has 4 fully saturated rings. The first-order valence-electron chi connectivity index (χ1n) is 23.5. The van der Waals surface area contributed by atoms with Crippen molar-refractivity contribution in [3.8, 4) is 33.4 Å². The van der Waals surface area contributed by atoms with Gasteiger partial charge < -0.3 is 4.90 Å². The molecule has 59 heavy (non-hydrogen) atoms. The molecule has 2 bridgehead atoms. The minimum atomic E-state index is -0.103. The second-order valence-corrected chi connectivity index (χ2v) is 19.8. The number of rotatable bonds is 8. The Morgan fingerprint density at radius 1 is 0.441 bits per heavy atom. The maximum Gasteiger partial charge on any atom is 0.0543 e. The van der Waals surface area contributed by atoms with Gasteiger partial charge in [-0.05, 0) is 167 Å². The summed E-state index contributed by atoms with van der Waals surface area (Å²) in [6.45, 7) is 4.83. The largest absolute Gasteiger partial charge is 0.310 e. The van der Waals surface area contributed by atoms with Crippen molar-refractivity contribution in [1.82, 2.24) is 0 Å². The van der Waals surface area contributed by atoms with Crippen LogP contribution in [0.2, 0.25) is 0 Å². The quantitative estimate of drug-likeness (QED) is 0.149. The van der Waals surface area contributed by atoms with E-state index in [1.807, 2.05) is 0 Å². The van der Waals surface area contributed by atoms with Crippen LogP contribution >= 0.6 is 0 Å². The van der Waals surface area contributed by atoms with Crippen LogP contribution in [-0.4, -0.2) is 0 Å². The molecule has 1 heteroatoms. The predicted molar refractivity (Wildman–Crippen MR) is 249 cm³/mol. The zero-order valence-corrected chi connectivity index (χ0v) is 35.4. The van der Waals surface area contributed by atoms with Crippen LogP contribution in [0.15, 0.2) is 133 Å². The summed E-state index contributed by atoms with van der Waals surface area (Å²) in [5.74, 6) is 4.02. The van der Waals surface area contributed by atoms with Crippen LogP contribution in [0, 0.1) is 11.8 Å². The maximum atomic E-state index is 2.57. The van der Waals surface area contributed by atoms with Crippen molar-refractivity contribution in [3.05, 3.63) is 161 Å². The SMILES string of the molecule is CC1(C)c2ccccc2-c2cc(-c3ccc(C4CCCCC4)cc3)c(N(c3ccc(-c4ccc(C5CC6CCC5C6)cc4)cc3)c3ccc(C4CCCCC4)cc3)cc21. The van der Waals surface area contributed by atoms with Gasteiger partial charge in [-0.15, -0.1) is 0 Å². The molecule has 0 aromatic heterocycles.